The van der Waals surface area contributed by atoms with E-state index in [0.717, 1.165) is 33.1 Å². The summed E-state index contributed by atoms with van der Waals surface area (Å²) in [4.78, 5) is 40.5. The highest BCUT2D eigenvalue weighted by Crippen LogP contribution is 2.35. The maximum atomic E-state index is 12.7. The summed E-state index contributed by atoms with van der Waals surface area (Å²) in [7, 11) is 0. The minimum Gasteiger partial charge on any atom is -0.481 e. The molecule has 1 saturated heterocycles. The molecule has 138 valence electrons. The highest BCUT2D eigenvalue weighted by Gasteiger charge is 2.40. The fraction of sp³-hybridized carbons (Fsp3) is 0.167. The van der Waals surface area contributed by atoms with Gasteiger partial charge in [-0.3, -0.25) is 19.5 Å². The summed E-state index contributed by atoms with van der Waals surface area (Å²) >= 11 is 6.17. The van der Waals surface area contributed by atoms with Crippen LogP contribution in [0.15, 0.2) is 41.4 Å². The van der Waals surface area contributed by atoms with E-state index in [9.17, 15) is 19.5 Å². The number of amides is 1. The normalized spacial score (nSPS) is 16.9. The van der Waals surface area contributed by atoms with Crippen molar-refractivity contribution in [1.29, 1.82) is 0 Å². The minimum atomic E-state index is -1.31. The Kier molecular flexibility index (Phi) is 5.52. The fourth-order valence-corrected chi connectivity index (χ4v) is 4.06. The Morgan fingerprint density at radius 2 is 2.07 bits per heavy atom. The molecule has 9 heteroatoms. The number of thiocarbonyl (C=S) groups is 1. The van der Waals surface area contributed by atoms with Crippen LogP contribution in [0.1, 0.15) is 18.4 Å². The maximum Gasteiger partial charge on any atom is 0.326 e. The summed E-state index contributed by atoms with van der Waals surface area (Å²) in [5.74, 6) is -2.95. The van der Waals surface area contributed by atoms with E-state index >= 15 is 0 Å². The lowest BCUT2D eigenvalue weighted by atomic mass is 10.1. The molecule has 0 radical (unpaired) electrons. The Bertz CT molecular complexity index is 989. The van der Waals surface area contributed by atoms with Crippen LogP contribution in [0.4, 0.5) is 0 Å². The number of thioether (sulfide) groups is 1. The van der Waals surface area contributed by atoms with E-state index in [4.69, 9.17) is 17.3 Å². The van der Waals surface area contributed by atoms with Crippen LogP contribution in [0.3, 0.4) is 0 Å². The summed E-state index contributed by atoms with van der Waals surface area (Å²) in [6.07, 6.45) is 2.74. The van der Waals surface area contributed by atoms with Crippen LogP contribution >= 0.6 is 24.0 Å². The molecule has 1 aromatic carbocycles. The van der Waals surface area contributed by atoms with Gasteiger partial charge in [0, 0.05) is 18.0 Å². The summed E-state index contributed by atoms with van der Waals surface area (Å²) in [6.45, 7) is 0. The van der Waals surface area contributed by atoms with Crippen LogP contribution in [0.5, 0.6) is 0 Å². The zero-order chi connectivity index (χ0) is 19.6. The zero-order valence-corrected chi connectivity index (χ0v) is 15.5. The molecule has 3 rings (SSSR count). The molecule has 1 atom stereocenters. The van der Waals surface area contributed by atoms with Crippen LogP contribution in [0.25, 0.3) is 17.0 Å². The van der Waals surface area contributed by atoms with Gasteiger partial charge < -0.3 is 10.2 Å². The van der Waals surface area contributed by atoms with Crippen molar-refractivity contribution < 1.29 is 24.6 Å². The smallest absolute Gasteiger partial charge is 0.326 e. The van der Waals surface area contributed by atoms with Gasteiger partial charge in [0.25, 0.3) is 5.91 Å². The molecule has 2 N–H and O–H groups in total. The molecular formula is C18H14N2O5S2. The zero-order valence-electron chi connectivity index (χ0n) is 13.9. The molecule has 2 heterocycles. The first kappa shape index (κ1) is 19.0. The quantitative estimate of drug-likeness (QED) is 0.561. The monoisotopic (exact) mass is 402 g/mol. The number of carbonyl (C=O) groups excluding carboxylic acids is 1. The van der Waals surface area contributed by atoms with E-state index in [1.165, 1.54) is 0 Å². The molecule has 0 saturated carbocycles. The number of aliphatic carboxylic acids is 2. The average molecular weight is 402 g/mol. The number of pyridine rings is 1. The third-order valence-electron chi connectivity index (χ3n) is 3.98. The predicted octanol–water partition coefficient (Wildman–Crippen LogP) is 2.75. The molecule has 1 aliphatic rings. The molecule has 7 nitrogen and oxygen atoms in total. The molecule has 2 aromatic rings. The second kappa shape index (κ2) is 7.85. The molecule has 27 heavy (non-hydrogen) atoms. The summed E-state index contributed by atoms with van der Waals surface area (Å²) in [6, 6.07) is 7.91. The largest absolute Gasteiger partial charge is 0.481 e. The van der Waals surface area contributed by atoms with Gasteiger partial charge in [-0.25, -0.2) is 4.79 Å². The number of hydrogen-bond acceptors (Lipinski definition) is 6. The van der Waals surface area contributed by atoms with Gasteiger partial charge in [0.05, 0.1) is 10.4 Å². The van der Waals surface area contributed by atoms with Gasteiger partial charge in [-0.05, 0) is 36.3 Å². The Hall–Kier alpha value is -2.78. The van der Waals surface area contributed by atoms with Crippen molar-refractivity contribution in [1.82, 2.24) is 9.88 Å². The van der Waals surface area contributed by atoms with Gasteiger partial charge in [0.15, 0.2) is 0 Å². The van der Waals surface area contributed by atoms with E-state index in [1.54, 1.807) is 18.3 Å². The van der Waals surface area contributed by atoms with Crippen molar-refractivity contribution in [2.45, 2.75) is 18.9 Å². The van der Waals surface area contributed by atoms with Gasteiger partial charge in [-0.15, -0.1) is 0 Å². The maximum absolute atomic E-state index is 12.7. The van der Waals surface area contributed by atoms with Crippen molar-refractivity contribution >= 4 is 63.1 Å². The third kappa shape index (κ3) is 4.15. The van der Waals surface area contributed by atoms with E-state index in [1.807, 2.05) is 24.3 Å². The van der Waals surface area contributed by atoms with Crippen LogP contribution in [-0.2, 0) is 14.4 Å². The lowest BCUT2D eigenvalue weighted by molar-refractivity contribution is -0.146. The average Bonchev–Trinajstić information content (AvgIpc) is 2.89. The minimum absolute atomic E-state index is 0.103. The van der Waals surface area contributed by atoms with E-state index < -0.39 is 23.9 Å². The van der Waals surface area contributed by atoms with Crippen LogP contribution in [-0.4, -0.2) is 48.3 Å². The number of nitrogens with zero attached hydrogens (tertiary/aromatic N) is 2. The number of fused-ring (bicyclic) bond motifs is 1. The second-order valence-corrected chi connectivity index (χ2v) is 7.47. The van der Waals surface area contributed by atoms with E-state index in [0.29, 0.717) is 4.91 Å². The highest BCUT2D eigenvalue weighted by atomic mass is 32.2. The van der Waals surface area contributed by atoms with Crippen LogP contribution in [0.2, 0.25) is 0 Å². The predicted molar refractivity (Wildman–Crippen MR) is 105 cm³/mol. The van der Waals surface area contributed by atoms with Crippen molar-refractivity contribution in [3.05, 3.63) is 47.0 Å². The number of rotatable bonds is 6. The topological polar surface area (TPSA) is 108 Å². The Morgan fingerprint density at radius 1 is 1.30 bits per heavy atom. The Labute approximate surface area is 163 Å². The first-order valence-electron chi connectivity index (χ1n) is 7.93. The van der Waals surface area contributed by atoms with Crippen molar-refractivity contribution in [3.63, 3.8) is 0 Å². The molecule has 1 unspecified atom stereocenters. The summed E-state index contributed by atoms with van der Waals surface area (Å²) in [5.41, 5.74) is 1.58. The van der Waals surface area contributed by atoms with Crippen molar-refractivity contribution in [2.75, 3.05) is 0 Å². The molecule has 1 aromatic heterocycles. The van der Waals surface area contributed by atoms with Gasteiger partial charge in [-0.2, -0.15) is 0 Å². The lowest BCUT2D eigenvalue weighted by Gasteiger charge is -2.22. The molecule has 0 aliphatic carbocycles. The van der Waals surface area contributed by atoms with Crippen LogP contribution < -0.4 is 0 Å². The number of carbonyl (C=O) groups is 3. The number of carboxylic acid groups (broad SMARTS) is 2. The number of benzene rings is 1. The SMILES string of the molecule is O=C(O)CCC(C(=O)O)N1C(=O)C(=Cc2ccc3ncccc3c2)SC1=S. The van der Waals surface area contributed by atoms with Gasteiger partial charge in [0.2, 0.25) is 0 Å². The first-order valence-corrected chi connectivity index (χ1v) is 9.16. The summed E-state index contributed by atoms with van der Waals surface area (Å²) in [5, 5.41) is 19.1. The number of aromatic nitrogens is 1. The third-order valence-corrected chi connectivity index (χ3v) is 5.31. The fourth-order valence-electron chi connectivity index (χ4n) is 2.71. The number of hydrogen-bond donors (Lipinski definition) is 2. The van der Waals surface area contributed by atoms with Crippen molar-refractivity contribution in [2.24, 2.45) is 0 Å². The molecule has 0 bridgehead atoms. The standard InChI is InChI=1S/C18H14N2O5S2/c21-15(22)6-5-13(17(24)25)20-16(23)14(27-18(20)26)9-10-3-4-12-11(8-10)2-1-7-19-12/h1-4,7-9,13H,5-6H2,(H,21,22)(H,24,25). The summed E-state index contributed by atoms with van der Waals surface area (Å²) < 4.78 is 0.103. The molecule has 1 amide bonds. The van der Waals surface area contributed by atoms with Crippen molar-refractivity contribution in [3.8, 4) is 0 Å². The van der Waals surface area contributed by atoms with Gasteiger partial charge in [-0.1, -0.05) is 36.1 Å². The molecule has 1 fully saturated rings. The lowest BCUT2D eigenvalue weighted by Crippen LogP contribution is -2.44. The molecule has 0 spiro atoms. The molecular weight excluding hydrogens is 388 g/mol. The van der Waals surface area contributed by atoms with Gasteiger partial charge in [0.1, 0.15) is 10.4 Å². The first-order chi connectivity index (χ1) is 12.9. The van der Waals surface area contributed by atoms with Crippen LogP contribution in [0, 0.1) is 0 Å². The Balaban J connectivity index is 1.88. The van der Waals surface area contributed by atoms with Gasteiger partial charge >= 0.3 is 11.9 Å². The van der Waals surface area contributed by atoms with E-state index in [-0.39, 0.29) is 17.2 Å². The second-order valence-electron chi connectivity index (χ2n) is 5.79. The highest BCUT2D eigenvalue weighted by molar-refractivity contribution is 8.26. The van der Waals surface area contributed by atoms with E-state index in [2.05, 4.69) is 4.98 Å². The Morgan fingerprint density at radius 3 is 2.78 bits per heavy atom. The number of carboxylic acids is 2. The molecule has 1 aliphatic heterocycles.